The van der Waals surface area contributed by atoms with Crippen molar-refractivity contribution < 1.29 is 18.0 Å². The molecular weight excluding hydrogens is 464 g/mol. The molecule has 1 aromatic heterocycles. The predicted molar refractivity (Wildman–Crippen MR) is 95.1 cm³/mol. The molecule has 0 amide bonds. The first-order valence-electron chi connectivity index (χ1n) is 6.70. The Morgan fingerprint density at radius 2 is 1.85 bits per heavy atom. The van der Waals surface area contributed by atoms with Crippen LogP contribution < -0.4 is 11.2 Å². The number of hydrogen-bond donors (Lipinski definition) is 0. The number of nitrogens with zero attached hydrogens (tertiary/aromatic N) is 2. The number of aromatic nitrogens is 2. The molecule has 0 aliphatic heterocycles. The van der Waals surface area contributed by atoms with Gasteiger partial charge in [-0.15, -0.1) is 0 Å². The van der Waals surface area contributed by atoms with Crippen LogP contribution in [0, 0.1) is 0 Å². The Kier molecular flexibility index (Phi) is 5.84. The minimum Gasteiger partial charge on any atom is -0.292 e. The Balaban J connectivity index is 2.73. The third-order valence-corrected chi connectivity index (χ3v) is 4.68. The number of benzene rings is 1. The molecular formula is C15H8BrCl2F3N2O3. The van der Waals surface area contributed by atoms with Gasteiger partial charge < -0.3 is 0 Å². The number of rotatable bonds is 3. The van der Waals surface area contributed by atoms with Crippen LogP contribution in [-0.4, -0.2) is 14.4 Å². The molecule has 138 valence electrons. The summed E-state index contributed by atoms with van der Waals surface area (Å²) in [5.41, 5.74) is -3.52. The highest BCUT2D eigenvalue weighted by Gasteiger charge is 2.35. The molecule has 1 aromatic carbocycles. The minimum absolute atomic E-state index is 0.0257. The number of halogens is 6. The van der Waals surface area contributed by atoms with Gasteiger partial charge in [-0.2, -0.15) is 13.2 Å². The highest BCUT2D eigenvalue weighted by Crippen LogP contribution is 2.27. The molecule has 0 bridgehead atoms. The maximum atomic E-state index is 12.9. The molecule has 0 atom stereocenters. The zero-order valence-corrected chi connectivity index (χ0v) is 15.9. The van der Waals surface area contributed by atoms with E-state index in [1.165, 1.54) is 24.3 Å². The normalized spacial score (nSPS) is 12.3. The summed E-state index contributed by atoms with van der Waals surface area (Å²) in [6.07, 6.45) is -3.60. The second kappa shape index (κ2) is 7.42. The fourth-order valence-electron chi connectivity index (χ4n) is 2.11. The fraction of sp³-hybridized carbons (Fsp3) is 0.133. The van der Waals surface area contributed by atoms with Crippen molar-refractivity contribution in [2.45, 2.75) is 6.18 Å². The molecule has 26 heavy (non-hydrogen) atoms. The molecule has 0 unspecified atom stereocenters. The Bertz CT molecular complexity index is 1040. The van der Waals surface area contributed by atoms with Crippen LogP contribution in [0.5, 0.6) is 0 Å². The smallest absolute Gasteiger partial charge is 0.292 e. The van der Waals surface area contributed by atoms with Crippen molar-refractivity contribution in [3.63, 3.8) is 0 Å². The van der Waals surface area contributed by atoms with Crippen LogP contribution in [0.4, 0.5) is 13.2 Å². The molecule has 1 heterocycles. The molecule has 5 nitrogen and oxygen atoms in total. The van der Waals surface area contributed by atoms with Gasteiger partial charge in [0.15, 0.2) is 0 Å². The highest BCUT2D eigenvalue weighted by molar-refractivity contribution is 9.12. The summed E-state index contributed by atoms with van der Waals surface area (Å²) in [4.78, 5) is 35.5. The molecule has 0 aliphatic rings. The Hall–Kier alpha value is -1.84. The van der Waals surface area contributed by atoms with Crippen LogP contribution in [0.3, 0.4) is 0 Å². The average Bonchev–Trinajstić information content (AvgIpc) is 2.52. The van der Waals surface area contributed by atoms with E-state index in [2.05, 4.69) is 15.9 Å². The van der Waals surface area contributed by atoms with E-state index in [0.717, 1.165) is 7.05 Å². The molecule has 0 fully saturated rings. The number of carbonyl (C=O) groups is 1. The molecule has 0 saturated heterocycles. The zero-order chi connectivity index (χ0) is 19.8. The standard InChI is InChI=1S/C15H8BrCl2F3N2O3/c1-22-11(15(19,20)21)6-12(24)23(14(22)26)8-2-3-10(17)7(4-8)5-9(16)13(18)25/h2-6H,1H3/b9-5-. The minimum atomic E-state index is -4.86. The molecule has 11 heteroatoms. The number of alkyl halides is 3. The van der Waals surface area contributed by atoms with Gasteiger partial charge in [-0.3, -0.25) is 14.2 Å². The Morgan fingerprint density at radius 3 is 2.38 bits per heavy atom. The fourth-order valence-corrected chi connectivity index (χ4v) is 2.58. The lowest BCUT2D eigenvalue weighted by Crippen LogP contribution is -2.40. The van der Waals surface area contributed by atoms with E-state index in [0.29, 0.717) is 15.2 Å². The third-order valence-electron chi connectivity index (χ3n) is 3.32. The van der Waals surface area contributed by atoms with Crippen molar-refractivity contribution >= 4 is 50.5 Å². The van der Waals surface area contributed by atoms with Gasteiger partial charge in [-0.25, -0.2) is 9.36 Å². The lowest BCUT2D eigenvalue weighted by molar-refractivity contribution is -0.144. The number of hydrogen-bond acceptors (Lipinski definition) is 3. The van der Waals surface area contributed by atoms with E-state index in [4.69, 9.17) is 23.2 Å². The van der Waals surface area contributed by atoms with Crippen LogP contribution in [-0.2, 0) is 18.0 Å². The zero-order valence-electron chi connectivity index (χ0n) is 12.8. The average molecular weight is 472 g/mol. The summed E-state index contributed by atoms with van der Waals surface area (Å²) in [5.74, 6) is 0. The van der Waals surface area contributed by atoms with E-state index in [1.54, 1.807) is 0 Å². The molecule has 2 rings (SSSR count). The van der Waals surface area contributed by atoms with Crippen LogP contribution >= 0.6 is 39.1 Å². The van der Waals surface area contributed by atoms with E-state index in [-0.39, 0.29) is 20.8 Å². The first-order valence-corrected chi connectivity index (χ1v) is 8.25. The third kappa shape index (κ3) is 4.11. The van der Waals surface area contributed by atoms with Crippen LogP contribution in [0.2, 0.25) is 5.02 Å². The maximum absolute atomic E-state index is 12.9. The summed E-state index contributed by atoms with van der Waals surface area (Å²) >= 11 is 14.2. The molecule has 2 aromatic rings. The number of allylic oxidation sites excluding steroid dienone is 1. The van der Waals surface area contributed by atoms with Gasteiger partial charge in [-0.1, -0.05) is 11.6 Å². The van der Waals surface area contributed by atoms with Gasteiger partial charge in [-0.05, 0) is 57.4 Å². The summed E-state index contributed by atoms with van der Waals surface area (Å²) in [6.45, 7) is 0. The van der Waals surface area contributed by atoms with Gasteiger partial charge in [0, 0.05) is 18.1 Å². The lowest BCUT2D eigenvalue weighted by atomic mass is 10.2. The van der Waals surface area contributed by atoms with Gasteiger partial charge in [0.05, 0.1) is 10.2 Å². The second-order valence-electron chi connectivity index (χ2n) is 5.01. The first-order chi connectivity index (χ1) is 11.9. The van der Waals surface area contributed by atoms with Gasteiger partial charge >= 0.3 is 11.9 Å². The van der Waals surface area contributed by atoms with Crippen molar-refractivity contribution in [1.82, 2.24) is 9.13 Å². The van der Waals surface area contributed by atoms with Gasteiger partial charge in [0.1, 0.15) is 5.69 Å². The Labute approximate surface area is 162 Å². The molecule has 0 N–H and O–H groups in total. The van der Waals surface area contributed by atoms with Gasteiger partial charge in [0.25, 0.3) is 10.8 Å². The van der Waals surface area contributed by atoms with Crippen molar-refractivity contribution in [3.8, 4) is 5.69 Å². The second-order valence-corrected chi connectivity index (χ2v) is 6.62. The van der Waals surface area contributed by atoms with Crippen LogP contribution in [0.1, 0.15) is 11.3 Å². The first kappa shape index (κ1) is 20.5. The topological polar surface area (TPSA) is 61.1 Å². The van der Waals surface area contributed by atoms with E-state index >= 15 is 0 Å². The molecule has 0 radical (unpaired) electrons. The van der Waals surface area contributed by atoms with E-state index in [1.807, 2.05) is 0 Å². The van der Waals surface area contributed by atoms with Crippen molar-refractivity contribution in [3.05, 3.63) is 65.9 Å². The SMILES string of the molecule is Cn1c(C(F)(F)F)cc(=O)n(-c2ccc(Cl)c(/C=C(\Br)C(=O)Cl)c2)c1=O. The number of carbonyl (C=O) groups excluding carboxylic acids is 1. The Morgan fingerprint density at radius 1 is 1.23 bits per heavy atom. The molecule has 0 spiro atoms. The van der Waals surface area contributed by atoms with Crippen LogP contribution in [0.15, 0.2) is 38.3 Å². The summed E-state index contributed by atoms with van der Waals surface area (Å²) < 4.78 is 39.5. The predicted octanol–water partition coefficient (Wildman–Crippen LogP) is 3.71. The van der Waals surface area contributed by atoms with Crippen molar-refractivity contribution in [2.24, 2.45) is 7.05 Å². The van der Waals surface area contributed by atoms with Crippen molar-refractivity contribution in [2.75, 3.05) is 0 Å². The van der Waals surface area contributed by atoms with Gasteiger partial charge in [0.2, 0.25) is 0 Å². The highest BCUT2D eigenvalue weighted by atomic mass is 79.9. The molecule has 0 aliphatic carbocycles. The summed E-state index contributed by atoms with van der Waals surface area (Å²) in [5, 5.41) is -0.644. The quantitative estimate of drug-likeness (QED) is 0.506. The van der Waals surface area contributed by atoms with Crippen molar-refractivity contribution in [1.29, 1.82) is 0 Å². The summed E-state index contributed by atoms with van der Waals surface area (Å²) in [7, 11) is 0.903. The molecule has 0 saturated carbocycles. The lowest BCUT2D eigenvalue weighted by Gasteiger charge is -2.14. The van der Waals surface area contributed by atoms with E-state index in [9.17, 15) is 27.6 Å². The largest absolute Gasteiger partial charge is 0.431 e. The summed E-state index contributed by atoms with van der Waals surface area (Å²) in [6, 6.07) is 4.20. The van der Waals surface area contributed by atoms with Crippen LogP contribution in [0.25, 0.3) is 11.8 Å². The van der Waals surface area contributed by atoms with E-state index < -0.39 is 28.4 Å². The monoisotopic (exact) mass is 470 g/mol. The maximum Gasteiger partial charge on any atom is 0.431 e.